The monoisotopic (exact) mass is 232 g/mol. The fourth-order valence-corrected chi connectivity index (χ4v) is 3.94. The number of hydrogen-bond acceptors (Lipinski definition) is 4. The van der Waals surface area contributed by atoms with Gasteiger partial charge in [-0.25, -0.2) is 0 Å². The molecule has 0 radical (unpaired) electrons. The second kappa shape index (κ2) is 4.69. The lowest BCUT2D eigenvalue weighted by Crippen LogP contribution is -2.05. The standard InChI is InChI=1S/C5H14O6P2/c1-5(2)11-13(9,10-3)4-12(6,7)8/h5H,4H2,1-3H3,(H2,6,7,8). The van der Waals surface area contributed by atoms with Gasteiger partial charge in [0.25, 0.3) is 0 Å². The zero-order valence-corrected chi connectivity index (χ0v) is 9.50. The van der Waals surface area contributed by atoms with Crippen molar-refractivity contribution in [1.82, 2.24) is 0 Å². The Labute approximate surface area is 76.9 Å². The highest BCUT2D eigenvalue weighted by Gasteiger charge is 2.33. The molecule has 13 heavy (non-hydrogen) atoms. The maximum absolute atomic E-state index is 11.5. The van der Waals surface area contributed by atoms with E-state index in [1.54, 1.807) is 13.8 Å². The van der Waals surface area contributed by atoms with Gasteiger partial charge in [-0.05, 0) is 13.8 Å². The molecule has 0 aromatic carbocycles. The molecule has 0 spiro atoms. The quantitative estimate of drug-likeness (QED) is 0.695. The van der Waals surface area contributed by atoms with Crippen LogP contribution in [0.1, 0.15) is 13.8 Å². The van der Waals surface area contributed by atoms with Crippen molar-refractivity contribution in [3.8, 4) is 0 Å². The fourth-order valence-electron chi connectivity index (χ4n) is 0.681. The van der Waals surface area contributed by atoms with Crippen LogP contribution in [0.3, 0.4) is 0 Å². The van der Waals surface area contributed by atoms with Gasteiger partial charge in [0.15, 0.2) is 5.90 Å². The minimum atomic E-state index is -4.37. The van der Waals surface area contributed by atoms with Crippen LogP contribution < -0.4 is 0 Å². The van der Waals surface area contributed by atoms with Crippen LogP contribution in [0.5, 0.6) is 0 Å². The van der Waals surface area contributed by atoms with E-state index in [2.05, 4.69) is 4.52 Å². The Bertz CT molecular complexity index is 243. The van der Waals surface area contributed by atoms with Crippen LogP contribution in [0, 0.1) is 0 Å². The van der Waals surface area contributed by atoms with Crippen LogP contribution in [0.4, 0.5) is 0 Å². The molecule has 0 aromatic heterocycles. The van der Waals surface area contributed by atoms with Crippen molar-refractivity contribution in [2.45, 2.75) is 20.0 Å². The second-order valence-electron chi connectivity index (χ2n) is 2.75. The van der Waals surface area contributed by atoms with Crippen molar-refractivity contribution < 1.29 is 28.0 Å². The molecule has 6 nitrogen and oxygen atoms in total. The Kier molecular flexibility index (Phi) is 4.80. The summed E-state index contributed by atoms with van der Waals surface area (Å²) in [5.41, 5.74) is 0. The smallest absolute Gasteiger partial charge is 0.324 e. The van der Waals surface area contributed by atoms with Gasteiger partial charge in [-0.3, -0.25) is 9.13 Å². The van der Waals surface area contributed by atoms with Crippen molar-refractivity contribution in [3.63, 3.8) is 0 Å². The van der Waals surface area contributed by atoms with Gasteiger partial charge < -0.3 is 18.8 Å². The zero-order chi connectivity index (χ0) is 10.7. The summed E-state index contributed by atoms with van der Waals surface area (Å²) >= 11 is 0. The minimum absolute atomic E-state index is 0.405. The summed E-state index contributed by atoms with van der Waals surface area (Å²) in [4.78, 5) is 17.2. The topological polar surface area (TPSA) is 93.1 Å². The van der Waals surface area contributed by atoms with Gasteiger partial charge in [-0.1, -0.05) is 0 Å². The first-order valence-electron chi connectivity index (χ1n) is 3.56. The molecule has 2 N–H and O–H groups in total. The maximum Gasteiger partial charge on any atom is 0.342 e. The van der Waals surface area contributed by atoms with Gasteiger partial charge in [0, 0.05) is 7.11 Å². The lowest BCUT2D eigenvalue weighted by Gasteiger charge is -2.18. The third-order valence-electron chi connectivity index (χ3n) is 1.01. The highest BCUT2D eigenvalue weighted by atomic mass is 31.2. The maximum atomic E-state index is 11.5. The summed E-state index contributed by atoms with van der Waals surface area (Å²) in [6.45, 7) is 3.21. The molecule has 0 saturated carbocycles. The molecule has 0 fully saturated rings. The molecule has 80 valence electrons. The number of rotatable bonds is 5. The van der Waals surface area contributed by atoms with E-state index in [1.807, 2.05) is 0 Å². The van der Waals surface area contributed by atoms with E-state index in [0.29, 0.717) is 0 Å². The van der Waals surface area contributed by atoms with Crippen LogP contribution in [0.2, 0.25) is 0 Å². The van der Waals surface area contributed by atoms with Crippen molar-refractivity contribution in [1.29, 1.82) is 0 Å². The molecular weight excluding hydrogens is 218 g/mol. The molecular formula is C5H14O6P2. The molecule has 1 atom stereocenters. The second-order valence-corrected chi connectivity index (χ2v) is 7.01. The molecule has 0 aliphatic carbocycles. The summed E-state index contributed by atoms with van der Waals surface area (Å²) in [5.74, 6) is -0.880. The molecule has 8 heteroatoms. The average Bonchev–Trinajstić information content (AvgIpc) is 1.81. The van der Waals surface area contributed by atoms with E-state index in [4.69, 9.17) is 14.3 Å². The predicted octanol–water partition coefficient (Wildman–Crippen LogP) is 1.39. The van der Waals surface area contributed by atoms with Crippen LogP contribution in [-0.4, -0.2) is 28.9 Å². The molecule has 0 saturated heterocycles. The molecule has 0 aliphatic heterocycles. The highest BCUT2D eigenvalue weighted by molar-refractivity contribution is 7.70. The molecule has 0 heterocycles. The summed E-state index contributed by atoms with van der Waals surface area (Å²) < 4.78 is 31.3. The first-order valence-corrected chi connectivity index (χ1v) is 7.09. The van der Waals surface area contributed by atoms with Crippen LogP contribution >= 0.6 is 15.2 Å². The lowest BCUT2D eigenvalue weighted by atomic mass is 10.5. The minimum Gasteiger partial charge on any atom is -0.324 e. The van der Waals surface area contributed by atoms with E-state index >= 15 is 0 Å². The van der Waals surface area contributed by atoms with Gasteiger partial charge in [0.05, 0.1) is 6.10 Å². The molecule has 0 aromatic rings. The van der Waals surface area contributed by atoms with E-state index < -0.39 is 27.2 Å². The Morgan fingerprint density at radius 1 is 1.31 bits per heavy atom. The first kappa shape index (κ1) is 13.3. The van der Waals surface area contributed by atoms with Crippen LogP contribution in [-0.2, 0) is 18.2 Å². The van der Waals surface area contributed by atoms with Crippen LogP contribution in [0.15, 0.2) is 0 Å². The Morgan fingerprint density at radius 2 is 1.77 bits per heavy atom. The van der Waals surface area contributed by atoms with Gasteiger partial charge in [0.1, 0.15) is 0 Å². The molecule has 0 rings (SSSR count). The van der Waals surface area contributed by atoms with Gasteiger partial charge in [-0.15, -0.1) is 0 Å². The van der Waals surface area contributed by atoms with Gasteiger partial charge in [-0.2, -0.15) is 0 Å². The molecule has 0 bridgehead atoms. The van der Waals surface area contributed by atoms with Crippen molar-refractivity contribution in [3.05, 3.63) is 0 Å². The largest absolute Gasteiger partial charge is 0.342 e. The summed E-state index contributed by atoms with van der Waals surface area (Å²) in [6, 6.07) is 0. The molecule has 0 amide bonds. The molecule has 0 aliphatic rings. The van der Waals surface area contributed by atoms with Crippen molar-refractivity contribution in [2.24, 2.45) is 0 Å². The normalized spacial score (nSPS) is 17.4. The number of hydrogen-bond donors (Lipinski definition) is 2. The van der Waals surface area contributed by atoms with Gasteiger partial charge in [0.2, 0.25) is 0 Å². The van der Waals surface area contributed by atoms with E-state index in [-0.39, 0.29) is 0 Å². The van der Waals surface area contributed by atoms with Crippen molar-refractivity contribution >= 4 is 15.2 Å². The fraction of sp³-hybridized carbons (Fsp3) is 1.00. The average molecular weight is 232 g/mol. The third kappa shape index (κ3) is 6.38. The lowest BCUT2D eigenvalue weighted by molar-refractivity contribution is 0.189. The predicted molar refractivity (Wildman–Crippen MR) is 47.7 cm³/mol. The van der Waals surface area contributed by atoms with Crippen LogP contribution in [0.25, 0.3) is 0 Å². The SMILES string of the molecule is COP(=O)(CP(=O)(O)O)OC(C)C. The first-order chi connectivity index (χ1) is 5.68. The Hall–Kier alpha value is 0.300. The molecule has 1 unspecified atom stereocenters. The third-order valence-corrected chi connectivity index (χ3v) is 5.17. The van der Waals surface area contributed by atoms with Crippen molar-refractivity contribution in [2.75, 3.05) is 13.0 Å². The van der Waals surface area contributed by atoms with Gasteiger partial charge >= 0.3 is 15.2 Å². The van der Waals surface area contributed by atoms with E-state index in [9.17, 15) is 9.13 Å². The summed E-state index contributed by atoms with van der Waals surface area (Å²) in [7, 11) is -6.92. The Balaban J connectivity index is 4.48. The van der Waals surface area contributed by atoms with E-state index in [1.165, 1.54) is 0 Å². The summed E-state index contributed by atoms with van der Waals surface area (Å²) in [5, 5.41) is 0. The highest BCUT2D eigenvalue weighted by Crippen LogP contribution is 2.59. The zero-order valence-electron chi connectivity index (χ0n) is 7.71. The van der Waals surface area contributed by atoms with E-state index in [0.717, 1.165) is 7.11 Å². The summed E-state index contributed by atoms with van der Waals surface area (Å²) in [6.07, 6.45) is -0.405. The Morgan fingerprint density at radius 3 is 2.00 bits per heavy atom.